The number of nitrogens with zero attached hydrogens (tertiary/aromatic N) is 1. The van der Waals surface area contributed by atoms with Crippen molar-refractivity contribution in [1.29, 1.82) is 0 Å². The summed E-state index contributed by atoms with van der Waals surface area (Å²) in [6, 6.07) is 4.62. The Labute approximate surface area is 159 Å². The standard InChI is InChI=1S/C19H19ClF3NO3/c1-11(17(26)27-18(2,3)4)24-8-7-12(9-16(24)25)14-10-13(20)5-6-15(14)19(21,22)23/h5-11H,1-4H3/t11-/m1/s1. The van der Waals surface area contributed by atoms with Crippen molar-refractivity contribution in [3.8, 4) is 11.1 Å². The highest BCUT2D eigenvalue weighted by atomic mass is 35.5. The van der Waals surface area contributed by atoms with Crippen LogP contribution >= 0.6 is 11.6 Å². The Hall–Kier alpha value is -2.28. The van der Waals surface area contributed by atoms with E-state index >= 15 is 0 Å². The van der Waals surface area contributed by atoms with Crippen molar-refractivity contribution >= 4 is 17.6 Å². The van der Waals surface area contributed by atoms with Gasteiger partial charge >= 0.3 is 12.1 Å². The Morgan fingerprint density at radius 3 is 2.30 bits per heavy atom. The molecule has 0 amide bonds. The largest absolute Gasteiger partial charge is 0.458 e. The highest BCUT2D eigenvalue weighted by Gasteiger charge is 2.34. The minimum absolute atomic E-state index is 0.0578. The first-order chi connectivity index (χ1) is 12.3. The summed E-state index contributed by atoms with van der Waals surface area (Å²) < 4.78 is 46.1. The van der Waals surface area contributed by atoms with E-state index in [9.17, 15) is 22.8 Å². The third-order valence-corrected chi connectivity index (χ3v) is 3.95. The van der Waals surface area contributed by atoms with Crippen LogP contribution in [0, 0.1) is 0 Å². The molecule has 0 bridgehead atoms. The van der Waals surface area contributed by atoms with Crippen LogP contribution in [0.2, 0.25) is 5.02 Å². The van der Waals surface area contributed by atoms with Crippen LogP contribution < -0.4 is 5.56 Å². The predicted molar refractivity (Wildman–Crippen MR) is 96.7 cm³/mol. The van der Waals surface area contributed by atoms with Crippen molar-refractivity contribution in [1.82, 2.24) is 4.57 Å². The quantitative estimate of drug-likeness (QED) is 0.673. The minimum atomic E-state index is -4.60. The molecule has 27 heavy (non-hydrogen) atoms. The number of aromatic nitrogens is 1. The van der Waals surface area contributed by atoms with Gasteiger partial charge in [-0.15, -0.1) is 0 Å². The molecule has 0 saturated carbocycles. The number of benzene rings is 1. The zero-order valence-corrected chi connectivity index (χ0v) is 16.0. The molecular formula is C19H19ClF3NO3. The smallest absolute Gasteiger partial charge is 0.417 e. The molecule has 2 aromatic rings. The van der Waals surface area contributed by atoms with Gasteiger partial charge in [-0.1, -0.05) is 11.6 Å². The summed E-state index contributed by atoms with van der Waals surface area (Å²) in [5.74, 6) is -0.615. The summed E-state index contributed by atoms with van der Waals surface area (Å²) in [6.45, 7) is 6.57. The molecule has 1 heterocycles. The van der Waals surface area contributed by atoms with Gasteiger partial charge < -0.3 is 9.30 Å². The van der Waals surface area contributed by atoms with Crippen LogP contribution in [-0.2, 0) is 15.7 Å². The lowest BCUT2D eigenvalue weighted by Crippen LogP contribution is -2.33. The number of hydrogen-bond acceptors (Lipinski definition) is 3. The van der Waals surface area contributed by atoms with Gasteiger partial charge in [-0.3, -0.25) is 4.79 Å². The van der Waals surface area contributed by atoms with E-state index in [2.05, 4.69) is 0 Å². The number of rotatable bonds is 3. The van der Waals surface area contributed by atoms with Gasteiger partial charge in [-0.05, 0) is 63.1 Å². The van der Waals surface area contributed by atoms with Crippen LogP contribution in [0.1, 0.15) is 39.3 Å². The maximum absolute atomic E-state index is 13.2. The molecule has 0 unspecified atom stereocenters. The first-order valence-electron chi connectivity index (χ1n) is 8.12. The zero-order chi connectivity index (χ0) is 20.6. The molecule has 146 valence electrons. The number of ether oxygens (including phenoxy) is 1. The van der Waals surface area contributed by atoms with E-state index in [0.717, 1.165) is 28.8 Å². The van der Waals surface area contributed by atoms with Crippen LogP contribution in [-0.4, -0.2) is 16.1 Å². The van der Waals surface area contributed by atoms with Crippen molar-refractivity contribution in [2.45, 2.75) is 45.5 Å². The second-order valence-corrected chi connectivity index (χ2v) is 7.49. The van der Waals surface area contributed by atoms with E-state index in [1.165, 1.54) is 19.2 Å². The Morgan fingerprint density at radius 1 is 1.15 bits per heavy atom. The molecule has 0 radical (unpaired) electrons. The number of pyridine rings is 1. The van der Waals surface area contributed by atoms with Crippen molar-refractivity contribution in [2.24, 2.45) is 0 Å². The third-order valence-electron chi connectivity index (χ3n) is 3.71. The number of esters is 1. The SMILES string of the molecule is C[C@H](C(=O)OC(C)(C)C)n1ccc(-c2cc(Cl)ccc2C(F)(F)F)cc1=O. The number of alkyl halides is 3. The average Bonchev–Trinajstić information content (AvgIpc) is 2.51. The monoisotopic (exact) mass is 401 g/mol. The molecule has 8 heteroatoms. The van der Waals surface area contributed by atoms with Gasteiger partial charge in [0.15, 0.2) is 0 Å². The molecule has 0 spiro atoms. The second kappa shape index (κ2) is 7.38. The molecule has 4 nitrogen and oxygen atoms in total. The fraction of sp³-hybridized carbons (Fsp3) is 0.368. The molecule has 0 aliphatic heterocycles. The van der Waals surface area contributed by atoms with Gasteiger partial charge in [0.1, 0.15) is 11.6 Å². The third kappa shape index (κ3) is 5.13. The van der Waals surface area contributed by atoms with Crippen LogP contribution in [0.3, 0.4) is 0 Å². The summed E-state index contributed by atoms with van der Waals surface area (Å²) in [5, 5.41) is 0.115. The van der Waals surface area contributed by atoms with E-state index in [1.807, 2.05) is 0 Å². The van der Waals surface area contributed by atoms with E-state index in [-0.39, 0.29) is 16.1 Å². The van der Waals surface area contributed by atoms with Gasteiger partial charge in [0.05, 0.1) is 5.56 Å². The normalized spacial score (nSPS) is 13.3. The van der Waals surface area contributed by atoms with Gasteiger partial charge in [-0.2, -0.15) is 13.2 Å². The minimum Gasteiger partial charge on any atom is -0.458 e. The average molecular weight is 402 g/mol. The van der Waals surface area contributed by atoms with Gasteiger partial charge in [0.2, 0.25) is 0 Å². The predicted octanol–water partition coefficient (Wildman–Crippen LogP) is 5.09. The fourth-order valence-corrected chi connectivity index (χ4v) is 2.65. The first kappa shape index (κ1) is 21.0. The van der Waals surface area contributed by atoms with Crippen LogP contribution in [0.4, 0.5) is 13.2 Å². The Bertz CT molecular complexity index is 914. The summed E-state index contributed by atoms with van der Waals surface area (Å²) >= 11 is 5.83. The van der Waals surface area contributed by atoms with Gasteiger partial charge in [-0.25, -0.2) is 4.79 Å². The van der Waals surface area contributed by atoms with Crippen LogP contribution in [0.5, 0.6) is 0 Å². The Morgan fingerprint density at radius 2 is 1.78 bits per heavy atom. The molecule has 0 saturated heterocycles. The van der Waals surface area contributed by atoms with Crippen molar-refractivity contribution in [3.63, 3.8) is 0 Å². The first-order valence-corrected chi connectivity index (χ1v) is 8.49. The molecule has 0 aliphatic carbocycles. The fourth-order valence-electron chi connectivity index (χ4n) is 2.48. The molecule has 0 N–H and O–H groups in total. The molecule has 2 rings (SSSR count). The number of carbonyl (C=O) groups is 1. The molecule has 1 atom stereocenters. The summed E-state index contributed by atoms with van der Waals surface area (Å²) in [7, 11) is 0. The summed E-state index contributed by atoms with van der Waals surface area (Å²) in [6.07, 6.45) is -3.33. The summed E-state index contributed by atoms with van der Waals surface area (Å²) in [4.78, 5) is 24.6. The van der Waals surface area contributed by atoms with Gasteiger partial charge in [0.25, 0.3) is 5.56 Å². The lowest BCUT2D eigenvalue weighted by molar-refractivity contribution is -0.158. The molecule has 1 aromatic heterocycles. The highest BCUT2D eigenvalue weighted by Crippen LogP contribution is 2.38. The number of carbonyl (C=O) groups excluding carboxylic acids is 1. The van der Waals surface area contributed by atoms with Gasteiger partial charge in [0, 0.05) is 17.3 Å². The van der Waals surface area contributed by atoms with Crippen molar-refractivity contribution in [3.05, 3.63) is 57.5 Å². The van der Waals surface area contributed by atoms with Crippen LogP contribution in [0.25, 0.3) is 11.1 Å². The van der Waals surface area contributed by atoms with E-state index in [1.54, 1.807) is 20.8 Å². The maximum atomic E-state index is 13.2. The lowest BCUT2D eigenvalue weighted by Gasteiger charge is -2.23. The highest BCUT2D eigenvalue weighted by molar-refractivity contribution is 6.30. The van der Waals surface area contributed by atoms with Crippen LogP contribution in [0.15, 0.2) is 41.3 Å². The molecule has 1 aromatic carbocycles. The van der Waals surface area contributed by atoms with E-state index in [0.29, 0.717) is 0 Å². The maximum Gasteiger partial charge on any atom is 0.417 e. The molecule has 0 fully saturated rings. The zero-order valence-electron chi connectivity index (χ0n) is 15.2. The number of halogens is 4. The van der Waals surface area contributed by atoms with Crippen molar-refractivity contribution < 1.29 is 22.7 Å². The molecular weight excluding hydrogens is 383 g/mol. The number of hydrogen-bond donors (Lipinski definition) is 0. The van der Waals surface area contributed by atoms with E-state index < -0.39 is 34.9 Å². The lowest BCUT2D eigenvalue weighted by atomic mass is 10.00. The second-order valence-electron chi connectivity index (χ2n) is 7.06. The van der Waals surface area contributed by atoms with Crippen molar-refractivity contribution in [2.75, 3.05) is 0 Å². The Balaban J connectivity index is 2.45. The Kier molecular flexibility index (Phi) is 5.75. The molecule has 0 aliphatic rings. The topological polar surface area (TPSA) is 48.3 Å². The van der Waals surface area contributed by atoms with E-state index in [4.69, 9.17) is 16.3 Å². The summed E-state index contributed by atoms with van der Waals surface area (Å²) in [5.41, 5.74) is -2.40.